The van der Waals surface area contributed by atoms with Crippen LogP contribution in [0.3, 0.4) is 0 Å². The second kappa shape index (κ2) is 7.49. The molecule has 4 nitrogen and oxygen atoms in total. The van der Waals surface area contributed by atoms with E-state index in [0.717, 1.165) is 22.9 Å². The van der Waals surface area contributed by atoms with Gasteiger partial charge in [0.2, 0.25) is 5.91 Å². The zero-order valence-electron chi connectivity index (χ0n) is 13.4. The predicted molar refractivity (Wildman–Crippen MR) is 99.0 cm³/mol. The van der Waals surface area contributed by atoms with E-state index in [4.69, 9.17) is 0 Å². The lowest BCUT2D eigenvalue weighted by atomic mass is 9.90. The van der Waals surface area contributed by atoms with Crippen LogP contribution < -0.4 is 10.9 Å². The van der Waals surface area contributed by atoms with Crippen molar-refractivity contribution < 1.29 is 9.59 Å². The molecule has 2 amide bonds. The molecule has 0 radical (unpaired) electrons. The van der Waals surface area contributed by atoms with Gasteiger partial charge in [-0.3, -0.25) is 20.4 Å². The third-order valence-electron chi connectivity index (χ3n) is 4.15. The Labute approximate surface area is 153 Å². The summed E-state index contributed by atoms with van der Waals surface area (Å²) < 4.78 is 0.968. The Morgan fingerprint density at radius 3 is 2.75 bits per heavy atom. The lowest BCUT2D eigenvalue weighted by molar-refractivity contribution is -0.121. The number of hydrogen-bond donors (Lipinski definition) is 2. The molecular formula is C18H19BrN2O2S. The molecule has 126 valence electrons. The summed E-state index contributed by atoms with van der Waals surface area (Å²) in [5, 5.41) is 0. The number of carbonyl (C=O) groups is 2. The van der Waals surface area contributed by atoms with Crippen LogP contribution in [-0.2, 0) is 24.1 Å². The molecule has 1 aliphatic carbocycles. The van der Waals surface area contributed by atoms with Crippen LogP contribution in [0.25, 0.3) is 0 Å². The molecule has 0 unspecified atom stereocenters. The minimum absolute atomic E-state index is 0.228. The number of hydrazine groups is 1. The van der Waals surface area contributed by atoms with E-state index in [9.17, 15) is 9.59 Å². The molecule has 3 rings (SSSR count). The summed E-state index contributed by atoms with van der Waals surface area (Å²) in [6.45, 7) is 2.24. The van der Waals surface area contributed by atoms with Gasteiger partial charge in [-0.05, 0) is 54.5 Å². The largest absolute Gasteiger partial charge is 0.279 e. The van der Waals surface area contributed by atoms with Crippen molar-refractivity contribution in [2.45, 2.75) is 32.6 Å². The van der Waals surface area contributed by atoms with Crippen LogP contribution in [-0.4, -0.2) is 11.8 Å². The van der Waals surface area contributed by atoms with Gasteiger partial charge in [-0.1, -0.05) is 35.0 Å². The highest BCUT2D eigenvalue weighted by molar-refractivity contribution is 9.10. The fourth-order valence-corrected chi connectivity index (χ4v) is 4.21. The first kappa shape index (κ1) is 17.2. The van der Waals surface area contributed by atoms with E-state index in [2.05, 4.69) is 33.7 Å². The average molecular weight is 407 g/mol. The number of halogens is 1. The predicted octanol–water partition coefficient (Wildman–Crippen LogP) is 3.64. The lowest BCUT2D eigenvalue weighted by Crippen LogP contribution is -2.42. The molecule has 0 saturated carbocycles. The highest BCUT2D eigenvalue weighted by Gasteiger charge is 2.20. The number of thiophene rings is 1. The van der Waals surface area contributed by atoms with Gasteiger partial charge in [0.05, 0.1) is 11.3 Å². The van der Waals surface area contributed by atoms with Gasteiger partial charge in [0.25, 0.3) is 5.91 Å². The minimum atomic E-state index is -0.244. The first-order chi connectivity index (χ1) is 11.5. The highest BCUT2D eigenvalue weighted by Crippen LogP contribution is 2.32. The SMILES string of the molecule is C[C@@H]1CCc2sc(C(=O)NNC(=O)Cc3ccc(Br)cc3)cc2C1. The molecule has 24 heavy (non-hydrogen) atoms. The van der Waals surface area contributed by atoms with Crippen LogP contribution in [0.4, 0.5) is 0 Å². The molecule has 1 atom stereocenters. The zero-order valence-corrected chi connectivity index (χ0v) is 15.8. The highest BCUT2D eigenvalue weighted by atomic mass is 79.9. The molecule has 1 aromatic heterocycles. The van der Waals surface area contributed by atoms with E-state index in [1.165, 1.54) is 28.2 Å². The monoisotopic (exact) mass is 406 g/mol. The molecule has 2 aromatic rings. The standard InChI is InChI=1S/C18H19BrN2O2S/c1-11-2-7-15-13(8-11)10-16(24-15)18(23)21-20-17(22)9-12-3-5-14(19)6-4-12/h3-6,10-11H,2,7-9H2,1H3,(H,20,22)(H,21,23)/t11-/m1/s1. The molecule has 1 heterocycles. The van der Waals surface area contributed by atoms with Crippen molar-refractivity contribution in [3.05, 3.63) is 55.7 Å². The van der Waals surface area contributed by atoms with Gasteiger partial charge in [0.1, 0.15) is 0 Å². The van der Waals surface area contributed by atoms with E-state index < -0.39 is 0 Å². The van der Waals surface area contributed by atoms with Crippen LogP contribution in [0.2, 0.25) is 0 Å². The van der Waals surface area contributed by atoms with Gasteiger partial charge in [-0.15, -0.1) is 11.3 Å². The number of hydrogen-bond acceptors (Lipinski definition) is 3. The fourth-order valence-electron chi connectivity index (χ4n) is 2.84. The van der Waals surface area contributed by atoms with Crippen molar-refractivity contribution in [3.63, 3.8) is 0 Å². The Morgan fingerprint density at radius 1 is 1.25 bits per heavy atom. The van der Waals surface area contributed by atoms with Gasteiger partial charge in [0.15, 0.2) is 0 Å². The number of nitrogens with one attached hydrogen (secondary N) is 2. The van der Waals surface area contributed by atoms with Gasteiger partial charge in [0, 0.05) is 9.35 Å². The summed E-state index contributed by atoms with van der Waals surface area (Å²) in [5.41, 5.74) is 7.18. The number of carbonyl (C=O) groups excluding carboxylic acids is 2. The number of rotatable bonds is 3. The fraction of sp³-hybridized carbons (Fsp3) is 0.333. The van der Waals surface area contributed by atoms with Crippen molar-refractivity contribution in [1.29, 1.82) is 0 Å². The van der Waals surface area contributed by atoms with E-state index in [1.54, 1.807) is 0 Å². The number of fused-ring (bicyclic) bond motifs is 1. The molecule has 0 bridgehead atoms. The summed E-state index contributed by atoms with van der Waals surface area (Å²) in [7, 11) is 0. The van der Waals surface area contributed by atoms with Crippen LogP contribution in [0.15, 0.2) is 34.8 Å². The van der Waals surface area contributed by atoms with Crippen LogP contribution in [0.1, 0.15) is 39.0 Å². The molecule has 0 saturated heterocycles. The van der Waals surface area contributed by atoms with Crippen molar-refractivity contribution in [1.82, 2.24) is 10.9 Å². The van der Waals surface area contributed by atoms with Gasteiger partial charge < -0.3 is 0 Å². The Kier molecular flexibility index (Phi) is 5.36. The Hall–Kier alpha value is -1.66. The maximum atomic E-state index is 12.2. The van der Waals surface area contributed by atoms with Crippen LogP contribution in [0.5, 0.6) is 0 Å². The van der Waals surface area contributed by atoms with Crippen molar-refractivity contribution >= 4 is 39.1 Å². The molecule has 6 heteroatoms. The average Bonchev–Trinajstić information content (AvgIpc) is 2.98. The molecule has 0 fully saturated rings. The normalized spacial score (nSPS) is 16.3. The minimum Gasteiger partial charge on any atom is -0.273 e. The Balaban J connectivity index is 1.53. The summed E-state index contributed by atoms with van der Waals surface area (Å²) >= 11 is 4.89. The van der Waals surface area contributed by atoms with Crippen molar-refractivity contribution in [2.24, 2.45) is 5.92 Å². The second-order valence-corrected chi connectivity index (χ2v) is 8.27. The van der Waals surface area contributed by atoms with Gasteiger partial charge in [-0.25, -0.2) is 0 Å². The van der Waals surface area contributed by atoms with E-state index in [1.807, 2.05) is 30.3 Å². The smallest absolute Gasteiger partial charge is 0.273 e. The summed E-state index contributed by atoms with van der Waals surface area (Å²) in [5.74, 6) is 0.195. The molecule has 0 spiro atoms. The van der Waals surface area contributed by atoms with Crippen LogP contribution >= 0.6 is 27.3 Å². The number of benzene rings is 1. The molecule has 1 aliphatic rings. The van der Waals surface area contributed by atoms with Gasteiger partial charge >= 0.3 is 0 Å². The van der Waals surface area contributed by atoms with E-state index in [-0.39, 0.29) is 18.2 Å². The quantitative estimate of drug-likeness (QED) is 0.764. The summed E-state index contributed by atoms with van der Waals surface area (Å²) in [6.07, 6.45) is 3.49. The van der Waals surface area contributed by atoms with Crippen molar-refractivity contribution in [3.8, 4) is 0 Å². The maximum absolute atomic E-state index is 12.2. The number of amides is 2. The topological polar surface area (TPSA) is 58.2 Å². The Bertz CT molecular complexity index is 755. The molecular weight excluding hydrogens is 388 g/mol. The first-order valence-corrected chi connectivity index (χ1v) is 9.57. The molecule has 0 aliphatic heterocycles. The van der Waals surface area contributed by atoms with E-state index >= 15 is 0 Å². The van der Waals surface area contributed by atoms with Gasteiger partial charge in [-0.2, -0.15) is 0 Å². The molecule has 2 N–H and O–H groups in total. The molecule has 1 aromatic carbocycles. The Morgan fingerprint density at radius 2 is 2.00 bits per heavy atom. The number of aryl methyl sites for hydroxylation is 1. The second-order valence-electron chi connectivity index (χ2n) is 6.21. The summed E-state index contributed by atoms with van der Waals surface area (Å²) in [4.78, 5) is 26.1. The van der Waals surface area contributed by atoms with Crippen LogP contribution in [0, 0.1) is 5.92 Å². The lowest BCUT2D eigenvalue weighted by Gasteiger charge is -2.16. The zero-order chi connectivity index (χ0) is 17.1. The maximum Gasteiger partial charge on any atom is 0.279 e. The van der Waals surface area contributed by atoms with E-state index in [0.29, 0.717) is 10.8 Å². The van der Waals surface area contributed by atoms with Crippen molar-refractivity contribution in [2.75, 3.05) is 0 Å². The third kappa shape index (κ3) is 4.24. The first-order valence-electron chi connectivity index (χ1n) is 7.96. The summed E-state index contributed by atoms with van der Waals surface area (Å²) in [6, 6.07) is 9.49. The third-order valence-corrected chi connectivity index (χ3v) is 5.91.